The predicted molar refractivity (Wildman–Crippen MR) is 83.7 cm³/mol. The van der Waals surface area contributed by atoms with Crippen LogP contribution in [0.4, 0.5) is 10.1 Å². The monoisotopic (exact) mass is 372 g/mol. The summed E-state index contributed by atoms with van der Waals surface area (Å²) < 4.78 is 41.0. The van der Waals surface area contributed by atoms with Crippen LogP contribution in [-0.4, -0.2) is 8.42 Å². The molecule has 0 spiro atoms. The van der Waals surface area contributed by atoms with E-state index in [1.165, 1.54) is 30.3 Å². The molecule has 2 aromatic rings. The van der Waals surface area contributed by atoms with Gasteiger partial charge in [-0.15, -0.1) is 0 Å². The number of hydrogen-bond donors (Lipinski definition) is 2. The Morgan fingerprint density at radius 1 is 1.24 bits per heavy atom. The van der Waals surface area contributed by atoms with E-state index in [4.69, 9.17) is 5.73 Å². The summed E-state index contributed by atoms with van der Waals surface area (Å²) in [6.07, 6.45) is 0. The van der Waals surface area contributed by atoms with Gasteiger partial charge in [0.1, 0.15) is 5.82 Å². The van der Waals surface area contributed by atoms with E-state index in [2.05, 4.69) is 20.7 Å². The van der Waals surface area contributed by atoms with Crippen LogP contribution in [0.1, 0.15) is 11.1 Å². The minimum Gasteiger partial charge on any atom is -0.399 e. The summed E-state index contributed by atoms with van der Waals surface area (Å²) in [7, 11) is -3.71. The molecule has 21 heavy (non-hydrogen) atoms. The minimum atomic E-state index is -3.71. The Bertz CT molecular complexity index is 779. The highest BCUT2D eigenvalue weighted by Crippen LogP contribution is 2.19. The fourth-order valence-electron chi connectivity index (χ4n) is 1.75. The summed E-state index contributed by atoms with van der Waals surface area (Å²) in [6.45, 7) is 1.60. The van der Waals surface area contributed by atoms with Crippen LogP contribution in [0.15, 0.2) is 45.8 Å². The van der Waals surface area contributed by atoms with Crippen LogP contribution in [0.5, 0.6) is 0 Å². The number of aryl methyl sites for hydroxylation is 1. The third kappa shape index (κ3) is 3.81. The summed E-state index contributed by atoms with van der Waals surface area (Å²) in [5.41, 5.74) is 7.12. The first kappa shape index (κ1) is 15.9. The van der Waals surface area contributed by atoms with Crippen molar-refractivity contribution in [2.45, 2.75) is 18.4 Å². The second kappa shape index (κ2) is 6.13. The molecule has 0 saturated heterocycles. The highest BCUT2D eigenvalue weighted by molar-refractivity contribution is 9.10. The summed E-state index contributed by atoms with van der Waals surface area (Å²) in [5, 5.41) is 0. The van der Waals surface area contributed by atoms with Gasteiger partial charge in [0.15, 0.2) is 0 Å². The van der Waals surface area contributed by atoms with Crippen LogP contribution in [0.3, 0.4) is 0 Å². The van der Waals surface area contributed by atoms with Crippen LogP contribution in [0.2, 0.25) is 0 Å². The highest BCUT2D eigenvalue weighted by Gasteiger charge is 2.15. The quantitative estimate of drug-likeness (QED) is 0.810. The van der Waals surface area contributed by atoms with Gasteiger partial charge in [0, 0.05) is 22.3 Å². The average Bonchev–Trinajstić information content (AvgIpc) is 2.43. The average molecular weight is 373 g/mol. The molecule has 3 N–H and O–H groups in total. The molecule has 0 fully saturated rings. The van der Waals surface area contributed by atoms with Gasteiger partial charge in [-0.1, -0.05) is 15.9 Å². The molecule has 0 radical (unpaired) electrons. The summed E-state index contributed by atoms with van der Waals surface area (Å²) in [4.78, 5) is 0.101. The molecule has 0 aliphatic carbocycles. The number of benzene rings is 2. The van der Waals surface area contributed by atoms with E-state index < -0.39 is 15.8 Å². The van der Waals surface area contributed by atoms with Crippen molar-refractivity contribution in [3.63, 3.8) is 0 Å². The summed E-state index contributed by atoms with van der Waals surface area (Å²) in [5.74, 6) is -0.464. The van der Waals surface area contributed by atoms with Crippen LogP contribution in [0.25, 0.3) is 0 Å². The molecule has 0 unspecified atom stereocenters. The molecule has 0 heterocycles. The molecule has 0 aliphatic heterocycles. The molecule has 0 aromatic heterocycles. The van der Waals surface area contributed by atoms with Crippen molar-refractivity contribution in [2.24, 2.45) is 0 Å². The maximum absolute atomic E-state index is 13.6. The van der Waals surface area contributed by atoms with Crippen LogP contribution in [-0.2, 0) is 16.6 Å². The molecule has 0 atom stereocenters. The Morgan fingerprint density at radius 2 is 1.95 bits per heavy atom. The lowest BCUT2D eigenvalue weighted by Gasteiger charge is -2.09. The zero-order chi connectivity index (χ0) is 15.6. The number of rotatable bonds is 4. The van der Waals surface area contributed by atoms with Gasteiger partial charge < -0.3 is 5.73 Å². The standard InChI is InChI=1S/C14H14BrFN2O2S/c1-9-6-12(3-5-14(9)17)21(19,20)18-8-10-7-11(15)2-4-13(10)16/h2-7,18H,8,17H2,1H3. The van der Waals surface area contributed by atoms with Gasteiger partial charge in [-0.2, -0.15) is 0 Å². The molecule has 0 saturated carbocycles. The molecular weight excluding hydrogens is 359 g/mol. The fraction of sp³-hybridized carbons (Fsp3) is 0.143. The van der Waals surface area contributed by atoms with Gasteiger partial charge >= 0.3 is 0 Å². The normalized spacial score (nSPS) is 11.6. The zero-order valence-corrected chi connectivity index (χ0v) is 13.6. The fourth-order valence-corrected chi connectivity index (χ4v) is 3.25. The summed E-state index contributed by atoms with van der Waals surface area (Å²) in [6, 6.07) is 8.80. The Morgan fingerprint density at radius 3 is 2.62 bits per heavy atom. The number of hydrogen-bond acceptors (Lipinski definition) is 3. The lowest BCUT2D eigenvalue weighted by atomic mass is 10.2. The van der Waals surface area contributed by atoms with E-state index in [-0.39, 0.29) is 17.0 Å². The van der Waals surface area contributed by atoms with Crippen molar-refractivity contribution in [3.8, 4) is 0 Å². The van der Waals surface area contributed by atoms with Crippen molar-refractivity contribution < 1.29 is 12.8 Å². The Labute approximate surface area is 131 Å². The van der Waals surface area contributed by atoms with Crippen molar-refractivity contribution in [2.75, 3.05) is 5.73 Å². The molecule has 2 aromatic carbocycles. The molecule has 112 valence electrons. The molecule has 0 bridgehead atoms. The Hall–Kier alpha value is -1.44. The van der Waals surface area contributed by atoms with Gasteiger partial charge in [0.25, 0.3) is 0 Å². The highest BCUT2D eigenvalue weighted by atomic mass is 79.9. The van der Waals surface area contributed by atoms with Gasteiger partial charge in [0.2, 0.25) is 10.0 Å². The van der Waals surface area contributed by atoms with Crippen molar-refractivity contribution in [1.29, 1.82) is 0 Å². The maximum atomic E-state index is 13.6. The topological polar surface area (TPSA) is 72.2 Å². The lowest BCUT2D eigenvalue weighted by Crippen LogP contribution is -2.24. The van der Waals surface area contributed by atoms with E-state index in [0.29, 0.717) is 15.7 Å². The van der Waals surface area contributed by atoms with E-state index in [0.717, 1.165) is 0 Å². The first-order chi connectivity index (χ1) is 9.79. The smallest absolute Gasteiger partial charge is 0.240 e. The van der Waals surface area contributed by atoms with Crippen molar-refractivity contribution in [1.82, 2.24) is 4.72 Å². The molecular formula is C14H14BrFN2O2S. The second-order valence-corrected chi connectivity index (χ2v) is 7.26. The number of anilines is 1. The van der Waals surface area contributed by atoms with Gasteiger partial charge in [0.05, 0.1) is 4.90 Å². The van der Waals surface area contributed by atoms with Crippen LogP contribution >= 0.6 is 15.9 Å². The number of nitrogens with two attached hydrogens (primary N) is 1. The SMILES string of the molecule is Cc1cc(S(=O)(=O)NCc2cc(Br)ccc2F)ccc1N. The maximum Gasteiger partial charge on any atom is 0.240 e. The summed E-state index contributed by atoms with van der Waals surface area (Å²) >= 11 is 3.22. The lowest BCUT2D eigenvalue weighted by molar-refractivity contribution is 0.574. The molecule has 2 rings (SSSR count). The first-order valence-corrected chi connectivity index (χ1v) is 8.37. The Balaban J connectivity index is 2.21. The van der Waals surface area contributed by atoms with E-state index >= 15 is 0 Å². The molecule has 0 aliphatic rings. The first-order valence-electron chi connectivity index (χ1n) is 6.09. The van der Waals surface area contributed by atoms with E-state index in [9.17, 15) is 12.8 Å². The zero-order valence-electron chi connectivity index (χ0n) is 11.2. The number of sulfonamides is 1. The third-order valence-electron chi connectivity index (χ3n) is 3.01. The van der Waals surface area contributed by atoms with Gasteiger partial charge in [-0.3, -0.25) is 0 Å². The van der Waals surface area contributed by atoms with Gasteiger partial charge in [-0.05, 0) is 48.9 Å². The number of nitrogen functional groups attached to an aromatic ring is 1. The van der Waals surface area contributed by atoms with E-state index in [1.54, 1.807) is 13.0 Å². The second-order valence-electron chi connectivity index (χ2n) is 4.58. The number of nitrogens with one attached hydrogen (secondary N) is 1. The number of halogens is 2. The van der Waals surface area contributed by atoms with Crippen LogP contribution in [0, 0.1) is 12.7 Å². The predicted octanol–water partition coefficient (Wildman–Crippen LogP) is 2.96. The minimum absolute atomic E-state index is 0.101. The van der Waals surface area contributed by atoms with Crippen molar-refractivity contribution in [3.05, 3.63) is 57.8 Å². The van der Waals surface area contributed by atoms with Crippen LogP contribution < -0.4 is 10.5 Å². The largest absolute Gasteiger partial charge is 0.399 e. The van der Waals surface area contributed by atoms with E-state index in [1.807, 2.05) is 0 Å². The molecule has 4 nitrogen and oxygen atoms in total. The van der Waals surface area contributed by atoms with Crippen molar-refractivity contribution >= 4 is 31.6 Å². The molecule has 7 heteroatoms. The van der Waals surface area contributed by atoms with Gasteiger partial charge in [-0.25, -0.2) is 17.5 Å². The molecule has 0 amide bonds. The Kier molecular flexibility index (Phi) is 4.65. The third-order valence-corrected chi connectivity index (χ3v) is 4.90.